The van der Waals surface area contributed by atoms with Crippen LogP contribution in [-0.2, 0) is 6.54 Å². The molecule has 1 N–H and O–H groups in total. The van der Waals surface area contributed by atoms with E-state index in [4.69, 9.17) is 9.52 Å². The number of hydrogen-bond donors (Lipinski definition) is 1. The average Bonchev–Trinajstić information content (AvgIpc) is 3.00. The molecule has 0 radical (unpaired) electrons. The molecule has 0 unspecified atom stereocenters. The number of amides is 1. The summed E-state index contributed by atoms with van der Waals surface area (Å²) >= 11 is 0. The van der Waals surface area contributed by atoms with Crippen molar-refractivity contribution >= 4 is 5.91 Å². The maximum Gasteiger partial charge on any atom is 0.272 e. The van der Waals surface area contributed by atoms with Crippen molar-refractivity contribution in [2.45, 2.75) is 13.0 Å². The molecule has 5 nitrogen and oxygen atoms in total. The number of furan rings is 1. The van der Waals surface area contributed by atoms with Gasteiger partial charge in [-0.15, -0.1) is 0 Å². The van der Waals surface area contributed by atoms with Crippen molar-refractivity contribution in [2.75, 3.05) is 13.7 Å². The molecule has 0 atom stereocenters. The van der Waals surface area contributed by atoms with Gasteiger partial charge in [-0.05, 0) is 24.3 Å². The highest BCUT2D eigenvalue weighted by Gasteiger charge is 2.14. The Morgan fingerprint density at radius 3 is 2.90 bits per heavy atom. The maximum atomic E-state index is 12.2. The van der Waals surface area contributed by atoms with Crippen LogP contribution in [-0.4, -0.2) is 34.6 Å². The summed E-state index contributed by atoms with van der Waals surface area (Å²) in [6, 6.07) is 6.98. The molecule has 2 heterocycles. The summed E-state index contributed by atoms with van der Waals surface area (Å²) in [5, 5.41) is 8.65. The van der Waals surface area contributed by atoms with Gasteiger partial charge < -0.3 is 14.4 Å². The van der Waals surface area contributed by atoms with Gasteiger partial charge in [0.1, 0.15) is 11.5 Å². The second-order valence-corrected chi connectivity index (χ2v) is 4.45. The summed E-state index contributed by atoms with van der Waals surface area (Å²) in [5.74, 6) is 6.21. The van der Waals surface area contributed by atoms with Crippen LogP contribution in [0, 0.1) is 11.8 Å². The smallest absolute Gasteiger partial charge is 0.272 e. The lowest BCUT2D eigenvalue weighted by Gasteiger charge is -2.14. The van der Waals surface area contributed by atoms with E-state index in [1.807, 2.05) is 6.07 Å². The Hall–Kier alpha value is -2.58. The minimum atomic E-state index is -0.179. The van der Waals surface area contributed by atoms with Crippen LogP contribution in [0.1, 0.15) is 28.2 Å². The number of aliphatic hydroxyl groups is 1. The second-order valence-electron chi connectivity index (χ2n) is 4.45. The lowest BCUT2D eigenvalue weighted by molar-refractivity contribution is 0.0769. The Balaban J connectivity index is 2.01. The van der Waals surface area contributed by atoms with Crippen molar-refractivity contribution in [2.24, 2.45) is 0 Å². The number of carbonyl (C=O) groups is 1. The fourth-order valence-electron chi connectivity index (χ4n) is 1.72. The SMILES string of the molecule is CN(Cc1ccco1)C(=O)c1ccc(C#CCCO)cn1. The van der Waals surface area contributed by atoms with Gasteiger partial charge in [-0.1, -0.05) is 11.8 Å². The molecule has 0 aliphatic rings. The van der Waals surface area contributed by atoms with Crippen LogP contribution in [0.3, 0.4) is 0 Å². The number of aliphatic hydroxyl groups excluding tert-OH is 1. The fraction of sp³-hybridized carbons (Fsp3) is 0.250. The molecule has 2 rings (SSSR count). The fourth-order valence-corrected chi connectivity index (χ4v) is 1.72. The van der Waals surface area contributed by atoms with Crippen LogP contribution in [0.5, 0.6) is 0 Å². The summed E-state index contributed by atoms with van der Waals surface area (Å²) < 4.78 is 5.21. The quantitative estimate of drug-likeness (QED) is 0.867. The van der Waals surface area contributed by atoms with Crippen molar-refractivity contribution < 1.29 is 14.3 Å². The predicted molar refractivity (Wildman–Crippen MR) is 77.3 cm³/mol. The van der Waals surface area contributed by atoms with Crippen molar-refractivity contribution in [1.29, 1.82) is 0 Å². The predicted octanol–water partition coefficient (Wildman–Crippen LogP) is 1.68. The zero-order chi connectivity index (χ0) is 15.1. The van der Waals surface area contributed by atoms with Crippen molar-refractivity contribution in [3.8, 4) is 11.8 Å². The summed E-state index contributed by atoms with van der Waals surface area (Å²) in [6.45, 7) is 0.431. The number of carbonyl (C=O) groups excluding carboxylic acids is 1. The van der Waals surface area contributed by atoms with E-state index < -0.39 is 0 Å². The largest absolute Gasteiger partial charge is 0.467 e. The molecule has 0 spiro atoms. The molecule has 0 fully saturated rings. The summed E-state index contributed by atoms with van der Waals surface area (Å²) in [6.07, 6.45) is 3.55. The van der Waals surface area contributed by atoms with E-state index in [1.54, 1.807) is 37.7 Å². The van der Waals surface area contributed by atoms with Crippen LogP contribution in [0.25, 0.3) is 0 Å². The van der Waals surface area contributed by atoms with Gasteiger partial charge in [-0.2, -0.15) is 0 Å². The lowest BCUT2D eigenvalue weighted by Crippen LogP contribution is -2.26. The summed E-state index contributed by atoms with van der Waals surface area (Å²) in [7, 11) is 1.70. The van der Waals surface area contributed by atoms with Gasteiger partial charge in [-0.3, -0.25) is 4.79 Å². The second kappa shape index (κ2) is 7.27. The zero-order valence-corrected chi connectivity index (χ0v) is 11.7. The molecule has 0 aliphatic carbocycles. The average molecular weight is 284 g/mol. The molecule has 0 aliphatic heterocycles. The molecule has 2 aromatic rings. The highest BCUT2D eigenvalue weighted by Crippen LogP contribution is 2.08. The molecule has 0 aromatic carbocycles. The molecular formula is C16H16N2O3. The first-order chi connectivity index (χ1) is 10.2. The van der Waals surface area contributed by atoms with E-state index in [9.17, 15) is 4.79 Å². The monoisotopic (exact) mass is 284 g/mol. The Morgan fingerprint density at radius 2 is 2.29 bits per heavy atom. The van der Waals surface area contributed by atoms with E-state index in [0.717, 1.165) is 5.76 Å². The minimum Gasteiger partial charge on any atom is -0.467 e. The minimum absolute atomic E-state index is 0.0363. The third kappa shape index (κ3) is 4.20. The van der Waals surface area contributed by atoms with Gasteiger partial charge in [0.2, 0.25) is 0 Å². The van der Waals surface area contributed by atoms with Crippen molar-refractivity contribution in [1.82, 2.24) is 9.88 Å². The Kier molecular flexibility index (Phi) is 5.13. The Morgan fingerprint density at radius 1 is 1.43 bits per heavy atom. The molecule has 5 heteroatoms. The Bertz CT molecular complexity index is 636. The molecule has 21 heavy (non-hydrogen) atoms. The Labute approximate surface area is 123 Å². The molecule has 1 amide bonds. The van der Waals surface area contributed by atoms with E-state index in [1.165, 1.54) is 4.90 Å². The highest BCUT2D eigenvalue weighted by molar-refractivity contribution is 5.92. The van der Waals surface area contributed by atoms with Crippen LogP contribution in [0.15, 0.2) is 41.1 Å². The number of hydrogen-bond acceptors (Lipinski definition) is 4. The van der Waals surface area contributed by atoms with E-state index in [-0.39, 0.29) is 12.5 Å². The van der Waals surface area contributed by atoms with Crippen molar-refractivity contribution in [3.05, 3.63) is 53.7 Å². The summed E-state index contributed by atoms with van der Waals surface area (Å²) in [5.41, 5.74) is 1.07. The molecule has 2 aromatic heterocycles. The standard InChI is InChI=1S/C16H16N2O3/c1-18(12-14-6-4-10-21-14)16(20)15-8-7-13(11-17-15)5-2-3-9-19/h4,6-8,10-11,19H,3,9,12H2,1H3. The molecular weight excluding hydrogens is 268 g/mol. The van der Waals surface area contributed by atoms with E-state index >= 15 is 0 Å². The first kappa shape index (κ1) is 14.8. The maximum absolute atomic E-state index is 12.2. The summed E-state index contributed by atoms with van der Waals surface area (Å²) in [4.78, 5) is 17.9. The molecule has 108 valence electrons. The first-order valence-electron chi connectivity index (χ1n) is 6.54. The number of nitrogens with zero attached hydrogens (tertiary/aromatic N) is 2. The lowest BCUT2D eigenvalue weighted by atomic mass is 10.2. The van der Waals surface area contributed by atoms with Gasteiger partial charge in [-0.25, -0.2) is 4.98 Å². The highest BCUT2D eigenvalue weighted by atomic mass is 16.3. The topological polar surface area (TPSA) is 66.6 Å². The van der Waals surface area contributed by atoms with Gasteiger partial charge in [0, 0.05) is 25.2 Å². The molecule has 0 saturated heterocycles. The normalized spacial score (nSPS) is 9.81. The van der Waals surface area contributed by atoms with Crippen LogP contribution >= 0.6 is 0 Å². The van der Waals surface area contributed by atoms with Crippen LogP contribution in [0.2, 0.25) is 0 Å². The van der Waals surface area contributed by atoms with Gasteiger partial charge in [0.25, 0.3) is 5.91 Å². The molecule has 0 saturated carbocycles. The van der Waals surface area contributed by atoms with Crippen LogP contribution in [0.4, 0.5) is 0 Å². The third-order valence-electron chi connectivity index (χ3n) is 2.77. The number of pyridine rings is 1. The van der Waals surface area contributed by atoms with Gasteiger partial charge in [0.15, 0.2) is 0 Å². The molecule has 0 bridgehead atoms. The van der Waals surface area contributed by atoms with E-state index in [0.29, 0.717) is 24.2 Å². The third-order valence-corrected chi connectivity index (χ3v) is 2.77. The number of rotatable bonds is 4. The number of aromatic nitrogens is 1. The van der Waals surface area contributed by atoms with Gasteiger partial charge in [0.05, 0.1) is 19.4 Å². The van der Waals surface area contributed by atoms with E-state index in [2.05, 4.69) is 16.8 Å². The zero-order valence-electron chi connectivity index (χ0n) is 11.7. The van der Waals surface area contributed by atoms with Crippen LogP contribution < -0.4 is 0 Å². The van der Waals surface area contributed by atoms with Gasteiger partial charge >= 0.3 is 0 Å². The first-order valence-corrected chi connectivity index (χ1v) is 6.54. The van der Waals surface area contributed by atoms with Crippen molar-refractivity contribution in [3.63, 3.8) is 0 Å².